The second-order valence-corrected chi connectivity index (χ2v) is 7.10. The molecular formula is C20H25N3O4. The van der Waals surface area contributed by atoms with Crippen LogP contribution in [0.5, 0.6) is 5.75 Å². The number of carboxylic acid groups (broad SMARTS) is 1. The summed E-state index contributed by atoms with van der Waals surface area (Å²) in [7, 11) is 0. The van der Waals surface area contributed by atoms with Crippen LogP contribution in [0.1, 0.15) is 22.3 Å². The average Bonchev–Trinajstić information content (AvgIpc) is 2.63. The molecule has 1 aromatic heterocycles. The first-order valence-corrected chi connectivity index (χ1v) is 9.03. The maximum atomic E-state index is 12.6. The molecule has 27 heavy (non-hydrogen) atoms. The van der Waals surface area contributed by atoms with Gasteiger partial charge in [-0.1, -0.05) is 23.8 Å². The Bertz CT molecular complexity index is 899. The fourth-order valence-electron chi connectivity index (χ4n) is 3.40. The second kappa shape index (κ2) is 7.84. The zero-order chi connectivity index (χ0) is 19.6. The lowest BCUT2D eigenvalue weighted by atomic mass is 10.1. The molecule has 1 fully saturated rings. The highest BCUT2D eigenvalue weighted by Crippen LogP contribution is 2.17. The largest absolute Gasteiger partial charge is 0.503 e. The molecule has 0 aliphatic carbocycles. The fraction of sp³-hybridized carbons (Fsp3) is 0.400. The van der Waals surface area contributed by atoms with Gasteiger partial charge in [0.25, 0.3) is 5.56 Å². The summed E-state index contributed by atoms with van der Waals surface area (Å²) in [5.74, 6) is -0.233. The minimum atomic E-state index is -0.911. The van der Waals surface area contributed by atoms with Crippen molar-refractivity contribution >= 4 is 6.09 Å². The zero-order valence-corrected chi connectivity index (χ0v) is 15.7. The molecule has 0 spiro atoms. The third kappa shape index (κ3) is 4.31. The molecule has 7 heteroatoms. The van der Waals surface area contributed by atoms with Gasteiger partial charge in [-0.05, 0) is 31.0 Å². The molecule has 1 aliphatic rings. The first-order valence-electron chi connectivity index (χ1n) is 9.03. The van der Waals surface area contributed by atoms with E-state index < -0.39 is 11.7 Å². The van der Waals surface area contributed by atoms with Gasteiger partial charge in [-0.2, -0.15) is 0 Å². The van der Waals surface area contributed by atoms with Crippen LogP contribution < -0.4 is 5.56 Å². The quantitative estimate of drug-likeness (QED) is 0.859. The van der Waals surface area contributed by atoms with Crippen molar-refractivity contribution < 1.29 is 15.0 Å². The standard InChI is InChI=1S/C20H25N3O4/c1-14-3-4-16(15(2)11-14)13-23-6-5-17(18(24)19(23)25)12-21-7-9-22(10-8-21)20(26)27/h3-6,11,24H,7-10,12-13H2,1-2H3,(H,26,27). The zero-order valence-electron chi connectivity index (χ0n) is 15.7. The number of aromatic nitrogens is 1. The molecule has 0 atom stereocenters. The van der Waals surface area contributed by atoms with E-state index in [2.05, 4.69) is 6.07 Å². The third-order valence-electron chi connectivity index (χ3n) is 5.10. The molecule has 7 nitrogen and oxygen atoms in total. The van der Waals surface area contributed by atoms with E-state index in [4.69, 9.17) is 5.11 Å². The highest BCUT2D eigenvalue weighted by atomic mass is 16.4. The van der Waals surface area contributed by atoms with Gasteiger partial charge < -0.3 is 19.7 Å². The Morgan fingerprint density at radius 2 is 1.74 bits per heavy atom. The number of amides is 1. The molecule has 1 aromatic carbocycles. The number of aryl methyl sites for hydroxylation is 2. The fourth-order valence-corrected chi connectivity index (χ4v) is 3.40. The van der Waals surface area contributed by atoms with Crippen LogP contribution in [0.15, 0.2) is 35.3 Å². The lowest BCUT2D eigenvalue weighted by Crippen LogP contribution is -2.47. The van der Waals surface area contributed by atoms with Crippen LogP contribution in [-0.4, -0.2) is 56.9 Å². The monoisotopic (exact) mass is 371 g/mol. The van der Waals surface area contributed by atoms with Gasteiger partial charge in [0, 0.05) is 44.5 Å². The first-order chi connectivity index (χ1) is 12.8. The number of nitrogens with zero attached hydrogens (tertiary/aromatic N) is 3. The molecule has 1 saturated heterocycles. The Hall–Kier alpha value is -2.80. The number of hydrogen-bond donors (Lipinski definition) is 2. The molecule has 0 bridgehead atoms. The molecule has 1 aliphatic heterocycles. The van der Waals surface area contributed by atoms with Gasteiger partial charge in [-0.25, -0.2) is 4.79 Å². The minimum absolute atomic E-state index is 0.233. The van der Waals surface area contributed by atoms with Crippen molar-refractivity contribution in [3.63, 3.8) is 0 Å². The summed E-state index contributed by atoms with van der Waals surface area (Å²) in [4.78, 5) is 27.0. The van der Waals surface area contributed by atoms with Gasteiger partial charge in [0.15, 0.2) is 5.75 Å². The summed E-state index contributed by atoms with van der Waals surface area (Å²) < 4.78 is 1.51. The van der Waals surface area contributed by atoms with Crippen LogP contribution in [0.2, 0.25) is 0 Å². The number of rotatable bonds is 4. The number of piperazine rings is 1. The van der Waals surface area contributed by atoms with Gasteiger partial charge in [-0.3, -0.25) is 9.69 Å². The van der Waals surface area contributed by atoms with Crippen molar-refractivity contribution in [1.82, 2.24) is 14.4 Å². The Kier molecular flexibility index (Phi) is 5.51. The average molecular weight is 371 g/mol. The maximum absolute atomic E-state index is 12.6. The number of benzene rings is 1. The van der Waals surface area contributed by atoms with Gasteiger partial charge >= 0.3 is 6.09 Å². The van der Waals surface area contributed by atoms with Crippen LogP contribution in [0, 0.1) is 13.8 Å². The summed E-state index contributed by atoms with van der Waals surface area (Å²) in [6.07, 6.45) is 0.802. The van der Waals surface area contributed by atoms with Crippen molar-refractivity contribution in [1.29, 1.82) is 0 Å². The lowest BCUT2D eigenvalue weighted by molar-refractivity contribution is 0.102. The number of carbonyl (C=O) groups is 1. The van der Waals surface area contributed by atoms with Crippen molar-refractivity contribution in [3.8, 4) is 5.75 Å². The predicted molar refractivity (Wildman–Crippen MR) is 102 cm³/mol. The Labute approximate surface area is 158 Å². The first kappa shape index (κ1) is 19.0. The van der Waals surface area contributed by atoms with Crippen LogP contribution in [-0.2, 0) is 13.1 Å². The van der Waals surface area contributed by atoms with Gasteiger partial charge in [-0.15, -0.1) is 0 Å². The Morgan fingerprint density at radius 3 is 2.37 bits per heavy atom. The summed E-state index contributed by atoms with van der Waals surface area (Å²) in [6, 6.07) is 7.86. The molecule has 144 valence electrons. The highest BCUT2D eigenvalue weighted by molar-refractivity contribution is 5.65. The van der Waals surface area contributed by atoms with E-state index in [1.807, 2.05) is 30.9 Å². The van der Waals surface area contributed by atoms with Crippen molar-refractivity contribution in [2.24, 2.45) is 0 Å². The van der Waals surface area contributed by atoms with E-state index in [0.29, 0.717) is 44.8 Å². The summed E-state index contributed by atoms with van der Waals surface area (Å²) in [5, 5.41) is 19.4. The molecule has 3 rings (SSSR count). The van der Waals surface area contributed by atoms with Crippen molar-refractivity contribution in [2.75, 3.05) is 26.2 Å². The number of pyridine rings is 1. The number of aromatic hydroxyl groups is 1. The smallest absolute Gasteiger partial charge is 0.407 e. The highest BCUT2D eigenvalue weighted by Gasteiger charge is 2.21. The van der Waals surface area contributed by atoms with Crippen molar-refractivity contribution in [3.05, 3.63) is 63.1 Å². The molecular weight excluding hydrogens is 346 g/mol. The maximum Gasteiger partial charge on any atom is 0.407 e. The molecule has 1 amide bonds. The van der Waals surface area contributed by atoms with Crippen LogP contribution in [0.4, 0.5) is 4.79 Å². The van der Waals surface area contributed by atoms with E-state index in [-0.39, 0.29) is 5.75 Å². The summed E-state index contributed by atoms with van der Waals surface area (Å²) >= 11 is 0. The van der Waals surface area contributed by atoms with E-state index in [9.17, 15) is 14.7 Å². The van der Waals surface area contributed by atoms with Gasteiger partial charge in [0.2, 0.25) is 0 Å². The number of hydrogen-bond acceptors (Lipinski definition) is 4. The minimum Gasteiger partial charge on any atom is -0.503 e. The molecule has 0 unspecified atom stereocenters. The lowest BCUT2D eigenvalue weighted by Gasteiger charge is -2.33. The van der Waals surface area contributed by atoms with Gasteiger partial charge in [0.1, 0.15) is 0 Å². The molecule has 0 saturated carbocycles. The molecule has 2 heterocycles. The SMILES string of the molecule is Cc1ccc(Cn2ccc(CN3CCN(C(=O)O)CC3)c(O)c2=O)c(C)c1. The summed E-state index contributed by atoms with van der Waals surface area (Å²) in [6.45, 7) is 6.90. The van der Waals surface area contributed by atoms with Gasteiger partial charge in [0.05, 0.1) is 6.54 Å². The van der Waals surface area contributed by atoms with E-state index in [1.54, 1.807) is 12.3 Å². The second-order valence-electron chi connectivity index (χ2n) is 7.10. The van der Waals surface area contributed by atoms with E-state index >= 15 is 0 Å². The topological polar surface area (TPSA) is 86.0 Å². The molecule has 0 radical (unpaired) electrons. The van der Waals surface area contributed by atoms with Crippen LogP contribution in [0.25, 0.3) is 0 Å². The van der Waals surface area contributed by atoms with Crippen LogP contribution >= 0.6 is 0 Å². The van der Waals surface area contributed by atoms with E-state index in [0.717, 1.165) is 11.1 Å². The molecule has 2 N–H and O–H groups in total. The normalized spacial score (nSPS) is 15.1. The van der Waals surface area contributed by atoms with Crippen LogP contribution in [0.3, 0.4) is 0 Å². The van der Waals surface area contributed by atoms with E-state index in [1.165, 1.54) is 15.0 Å². The summed E-state index contributed by atoms with van der Waals surface area (Å²) in [5.41, 5.74) is 3.49. The third-order valence-corrected chi connectivity index (χ3v) is 5.10. The van der Waals surface area contributed by atoms with Crippen molar-refractivity contribution in [2.45, 2.75) is 26.9 Å². The Balaban J connectivity index is 1.72. The molecule has 2 aromatic rings. The predicted octanol–water partition coefficient (Wildman–Crippen LogP) is 2.01. The Morgan fingerprint density at radius 1 is 1.04 bits per heavy atom.